The zero-order chi connectivity index (χ0) is 19.2. The highest BCUT2D eigenvalue weighted by Gasteiger charge is 2.13. The minimum atomic E-state index is -0.413. The number of carbonyl (C=O) groups excluding carboxylic acids is 2. The van der Waals surface area contributed by atoms with E-state index in [-0.39, 0.29) is 12.3 Å². The Hall–Kier alpha value is -3.41. The predicted molar refractivity (Wildman–Crippen MR) is 101 cm³/mol. The number of amides is 1. The van der Waals surface area contributed by atoms with Crippen LogP contribution in [0.2, 0.25) is 0 Å². The van der Waals surface area contributed by atoms with Crippen LogP contribution in [-0.2, 0) is 16.0 Å². The second-order valence-electron chi connectivity index (χ2n) is 6.01. The topological polar surface area (TPSA) is 81.4 Å². The molecule has 138 valence electrons. The highest BCUT2D eigenvalue weighted by Crippen LogP contribution is 2.22. The van der Waals surface area contributed by atoms with Crippen LogP contribution in [0, 0.1) is 6.92 Å². The number of rotatable bonds is 6. The number of carbonyl (C=O) groups is 2. The fraction of sp³-hybridized carbons (Fsp3) is 0.190. The molecule has 0 unspecified atom stereocenters. The molecular formula is C21H20N2O4. The van der Waals surface area contributed by atoms with Crippen molar-refractivity contribution in [3.63, 3.8) is 0 Å². The second-order valence-corrected chi connectivity index (χ2v) is 6.01. The number of oxazole rings is 1. The summed E-state index contributed by atoms with van der Waals surface area (Å²) in [7, 11) is 1.33. The summed E-state index contributed by atoms with van der Waals surface area (Å²) in [5.74, 6) is 0.721. The average molecular weight is 364 g/mol. The third kappa shape index (κ3) is 4.61. The minimum Gasteiger partial charge on any atom is -0.465 e. The van der Waals surface area contributed by atoms with Crippen molar-refractivity contribution in [1.82, 2.24) is 4.98 Å². The molecule has 1 aromatic heterocycles. The molecule has 1 amide bonds. The first-order valence-corrected chi connectivity index (χ1v) is 8.57. The Morgan fingerprint density at radius 3 is 2.44 bits per heavy atom. The smallest absolute Gasteiger partial charge is 0.337 e. The molecule has 0 spiro atoms. The number of esters is 1. The van der Waals surface area contributed by atoms with E-state index in [9.17, 15) is 9.59 Å². The van der Waals surface area contributed by atoms with Gasteiger partial charge in [-0.3, -0.25) is 4.79 Å². The van der Waals surface area contributed by atoms with Gasteiger partial charge in [-0.05, 0) is 43.3 Å². The Morgan fingerprint density at radius 1 is 1.07 bits per heavy atom. The van der Waals surface area contributed by atoms with E-state index in [4.69, 9.17) is 4.42 Å². The molecule has 3 rings (SSSR count). The van der Waals surface area contributed by atoms with E-state index in [0.29, 0.717) is 29.3 Å². The van der Waals surface area contributed by atoms with Gasteiger partial charge < -0.3 is 14.5 Å². The van der Waals surface area contributed by atoms with Gasteiger partial charge in [0.2, 0.25) is 11.8 Å². The van der Waals surface area contributed by atoms with E-state index in [2.05, 4.69) is 15.0 Å². The minimum absolute atomic E-state index is 0.135. The molecule has 6 nitrogen and oxygen atoms in total. The standard InChI is InChI=1S/C21H20N2O4/c1-14-18(23-20(27-14)15-6-4-3-5-7-15)12-13-19(24)22-17-10-8-16(9-11-17)21(25)26-2/h3-11H,12-13H2,1-2H3,(H,22,24). The van der Waals surface area contributed by atoms with Crippen molar-refractivity contribution in [2.75, 3.05) is 12.4 Å². The number of aromatic nitrogens is 1. The zero-order valence-electron chi connectivity index (χ0n) is 15.2. The number of aryl methyl sites for hydroxylation is 2. The van der Waals surface area contributed by atoms with Gasteiger partial charge in [0, 0.05) is 24.1 Å². The lowest BCUT2D eigenvalue weighted by Crippen LogP contribution is -2.13. The number of hydrogen-bond acceptors (Lipinski definition) is 5. The molecule has 0 atom stereocenters. The largest absolute Gasteiger partial charge is 0.465 e. The zero-order valence-corrected chi connectivity index (χ0v) is 15.2. The summed E-state index contributed by atoms with van der Waals surface area (Å²) < 4.78 is 10.4. The molecular weight excluding hydrogens is 344 g/mol. The van der Waals surface area contributed by atoms with Crippen LogP contribution in [0.15, 0.2) is 59.0 Å². The Morgan fingerprint density at radius 2 is 1.78 bits per heavy atom. The molecule has 3 aromatic rings. The van der Waals surface area contributed by atoms with Gasteiger partial charge in [0.05, 0.1) is 18.4 Å². The van der Waals surface area contributed by atoms with Gasteiger partial charge in [-0.1, -0.05) is 18.2 Å². The quantitative estimate of drug-likeness (QED) is 0.669. The van der Waals surface area contributed by atoms with Crippen LogP contribution in [0.4, 0.5) is 5.69 Å². The lowest BCUT2D eigenvalue weighted by Gasteiger charge is -2.05. The molecule has 0 bridgehead atoms. The SMILES string of the molecule is COC(=O)c1ccc(NC(=O)CCc2nc(-c3ccccc3)oc2C)cc1. The molecule has 27 heavy (non-hydrogen) atoms. The average Bonchev–Trinajstić information content (AvgIpc) is 3.08. The maximum atomic E-state index is 12.2. The highest BCUT2D eigenvalue weighted by molar-refractivity contribution is 5.93. The Kier molecular flexibility index (Phi) is 5.66. The summed E-state index contributed by atoms with van der Waals surface area (Å²) in [6.07, 6.45) is 0.759. The third-order valence-corrected chi connectivity index (χ3v) is 4.09. The normalized spacial score (nSPS) is 10.4. The first kappa shape index (κ1) is 18.4. The fourth-order valence-electron chi connectivity index (χ4n) is 2.63. The summed E-state index contributed by atoms with van der Waals surface area (Å²) in [6.45, 7) is 1.85. The number of hydrogen-bond donors (Lipinski definition) is 1. The van der Waals surface area contributed by atoms with Crippen molar-refractivity contribution in [1.29, 1.82) is 0 Å². The van der Waals surface area contributed by atoms with Crippen LogP contribution in [0.5, 0.6) is 0 Å². The summed E-state index contributed by atoms with van der Waals surface area (Å²) in [4.78, 5) is 28.1. The lowest BCUT2D eigenvalue weighted by atomic mass is 10.2. The summed E-state index contributed by atoms with van der Waals surface area (Å²) >= 11 is 0. The maximum absolute atomic E-state index is 12.2. The van der Waals surface area contributed by atoms with E-state index in [1.165, 1.54) is 7.11 Å². The van der Waals surface area contributed by atoms with Gasteiger partial charge in [-0.2, -0.15) is 0 Å². The lowest BCUT2D eigenvalue weighted by molar-refractivity contribution is -0.116. The van der Waals surface area contributed by atoms with Crippen LogP contribution in [-0.4, -0.2) is 24.0 Å². The van der Waals surface area contributed by atoms with Crippen LogP contribution < -0.4 is 5.32 Å². The van der Waals surface area contributed by atoms with Gasteiger partial charge >= 0.3 is 5.97 Å². The van der Waals surface area contributed by atoms with Gasteiger partial charge in [0.15, 0.2) is 0 Å². The van der Waals surface area contributed by atoms with Crippen molar-refractivity contribution < 1.29 is 18.7 Å². The van der Waals surface area contributed by atoms with Crippen LogP contribution in [0.1, 0.15) is 28.2 Å². The van der Waals surface area contributed by atoms with E-state index in [1.807, 2.05) is 37.3 Å². The Labute approximate surface area is 157 Å². The van der Waals surface area contributed by atoms with E-state index < -0.39 is 5.97 Å². The molecule has 0 aliphatic heterocycles. The van der Waals surface area contributed by atoms with Crippen molar-refractivity contribution in [3.8, 4) is 11.5 Å². The predicted octanol–water partition coefficient (Wildman–Crippen LogP) is 4.01. The van der Waals surface area contributed by atoms with Crippen molar-refractivity contribution in [2.45, 2.75) is 19.8 Å². The van der Waals surface area contributed by atoms with Crippen LogP contribution in [0.25, 0.3) is 11.5 Å². The molecule has 0 radical (unpaired) electrons. The molecule has 1 heterocycles. The Bertz CT molecular complexity index is 931. The fourth-order valence-corrected chi connectivity index (χ4v) is 2.63. The second kappa shape index (κ2) is 8.31. The molecule has 0 saturated heterocycles. The van der Waals surface area contributed by atoms with E-state index >= 15 is 0 Å². The van der Waals surface area contributed by atoms with Gasteiger partial charge in [0.25, 0.3) is 0 Å². The Balaban J connectivity index is 1.58. The number of benzene rings is 2. The number of ether oxygens (including phenoxy) is 1. The molecule has 1 N–H and O–H groups in total. The van der Waals surface area contributed by atoms with Crippen LogP contribution >= 0.6 is 0 Å². The summed E-state index contributed by atoms with van der Waals surface area (Å²) in [6, 6.07) is 16.2. The molecule has 0 aliphatic rings. The summed E-state index contributed by atoms with van der Waals surface area (Å²) in [5, 5.41) is 2.80. The number of methoxy groups -OCH3 is 1. The van der Waals surface area contributed by atoms with E-state index in [0.717, 1.165) is 11.3 Å². The van der Waals surface area contributed by atoms with Crippen molar-refractivity contribution >= 4 is 17.6 Å². The van der Waals surface area contributed by atoms with Crippen molar-refractivity contribution in [2.24, 2.45) is 0 Å². The van der Waals surface area contributed by atoms with E-state index in [1.54, 1.807) is 24.3 Å². The molecule has 0 aliphatic carbocycles. The first-order chi connectivity index (χ1) is 13.1. The van der Waals surface area contributed by atoms with Gasteiger partial charge in [0.1, 0.15) is 5.76 Å². The highest BCUT2D eigenvalue weighted by atomic mass is 16.5. The molecule has 2 aromatic carbocycles. The maximum Gasteiger partial charge on any atom is 0.337 e. The van der Waals surface area contributed by atoms with Crippen molar-refractivity contribution in [3.05, 3.63) is 71.6 Å². The van der Waals surface area contributed by atoms with Crippen LogP contribution in [0.3, 0.4) is 0 Å². The third-order valence-electron chi connectivity index (χ3n) is 4.09. The monoisotopic (exact) mass is 364 g/mol. The summed E-state index contributed by atoms with van der Waals surface area (Å²) in [5.41, 5.74) is 2.73. The molecule has 0 fully saturated rings. The number of nitrogens with one attached hydrogen (secondary N) is 1. The molecule has 0 saturated carbocycles. The number of anilines is 1. The first-order valence-electron chi connectivity index (χ1n) is 8.57. The number of nitrogens with zero attached hydrogens (tertiary/aromatic N) is 1. The molecule has 6 heteroatoms. The van der Waals surface area contributed by atoms with Gasteiger partial charge in [-0.15, -0.1) is 0 Å². The van der Waals surface area contributed by atoms with Gasteiger partial charge in [-0.25, -0.2) is 9.78 Å².